The highest BCUT2D eigenvalue weighted by Crippen LogP contribution is 2.52. The van der Waals surface area contributed by atoms with Crippen LogP contribution in [0.15, 0.2) is 29.4 Å². The molecule has 5 nitrogen and oxygen atoms in total. The molecule has 128 valence electrons. The van der Waals surface area contributed by atoms with E-state index >= 15 is 0 Å². The van der Waals surface area contributed by atoms with Crippen LogP contribution in [0.3, 0.4) is 0 Å². The zero-order valence-electron chi connectivity index (χ0n) is 14.1. The van der Waals surface area contributed by atoms with E-state index in [1.165, 1.54) is 37.8 Å². The Morgan fingerprint density at radius 2 is 1.79 bits per heavy atom. The fourth-order valence-electron chi connectivity index (χ4n) is 4.98. The number of anilines is 1. The maximum Gasteiger partial charge on any atom is 0.259 e. The molecule has 0 atom stereocenters. The topological polar surface area (TPSA) is 62.7 Å². The maximum absolute atomic E-state index is 12.1. The molecule has 5 heteroatoms. The van der Waals surface area contributed by atoms with Gasteiger partial charge < -0.3 is 10.1 Å². The third kappa shape index (κ3) is 2.99. The number of nitrogens with one attached hydrogen (secondary N) is 2. The minimum absolute atomic E-state index is 0.109. The highest BCUT2D eigenvalue weighted by atomic mass is 16.5. The lowest BCUT2D eigenvalue weighted by Gasteiger charge is -2.50. The zero-order valence-corrected chi connectivity index (χ0v) is 14.1. The Balaban J connectivity index is 1.33. The van der Waals surface area contributed by atoms with Gasteiger partial charge in [-0.15, -0.1) is 0 Å². The number of hydrazone groups is 1. The minimum atomic E-state index is -0.109. The second-order valence-electron chi connectivity index (χ2n) is 7.43. The summed E-state index contributed by atoms with van der Waals surface area (Å²) in [6.07, 6.45) is 6.54. The number of hydrogen-bond donors (Lipinski definition) is 2. The van der Waals surface area contributed by atoms with Crippen molar-refractivity contribution in [1.82, 2.24) is 5.43 Å². The molecule has 0 unspecified atom stereocenters. The van der Waals surface area contributed by atoms with Gasteiger partial charge in [0.2, 0.25) is 0 Å². The molecule has 0 radical (unpaired) electrons. The molecule has 4 aliphatic rings. The predicted molar refractivity (Wildman–Crippen MR) is 94.1 cm³/mol. The number of ether oxygens (including phenoxy) is 1. The number of para-hydroxylation sites is 2. The van der Waals surface area contributed by atoms with Crippen molar-refractivity contribution in [3.8, 4) is 5.75 Å². The van der Waals surface area contributed by atoms with Crippen molar-refractivity contribution in [1.29, 1.82) is 0 Å². The summed E-state index contributed by atoms with van der Waals surface area (Å²) in [6, 6.07) is 7.59. The summed E-state index contributed by atoms with van der Waals surface area (Å²) in [5, 5.41) is 7.63. The first kappa shape index (κ1) is 15.5. The number of benzene rings is 1. The van der Waals surface area contributed by atoms with E-state index in [1.54, 1.807) is 7.11 Å². The monoisotopic (exact) mass is 327 g/mol. The fraction of sp³-hybridized carbons (Fsp3) is 0.579. The highest BCUT2D eigenvalue weighted by Gasteiger charge is 2.46. The average Bonchev–Trinajstić information content (AvgIpc) is 2.59. The molecule has 0 aromatic heterocycles. The Kier molecular flexibility index (Phi) is 4.17. The molecule has 4 aliphatic carbocycles. The van der Waals surface area contributed by atoms with Gasteiger partial charge in [-0.05, 0) is 67.9 Å². The lowest BCUT2D eigenvalue weighted by Crippen LogP contribution is -2.46. The Labute approximate surface area is 142 Å². The molecule has 1 aromatic rings. The van der Waals surface area contributed by atoms with E-state index in [0.717, 1.165) is 23.3 Å². The smallest absolute Gasteiger partial charge is 0.259 e. The molecule has 4 saturated carbocycles. The van der Waals surface area contributed by atoms with E-state index in [9.17, 15) is 4.79 Å². The van der Waals surface area contributed by atoms with Crippen LogP contribution in [0.4, 0.5) is 5.69 Å². The molecule has 4 bridgehead atoms. The van der Waals surface area contributed by atoms with Gasteiger partial charge in [-0.3, -0.25) is 4.79 Å². The van der Waals surface area contributed by atoms with Gasteiger partial charge >= 0.3 is 0 Å². The molecule has 0 spiro atoms. The zero-order chi connectivity index (χ0) is 16.5. The summed E-state index contributed by atoms with van der Waals surface area (Å²) in [7, 11) is 1.62. The van der Waals surface area contributed by atoms with Crippen molar-refractivity contribution in [2.45, 2.75) is 32.1 Å². The maximum atomic E-state index is 12.1. The highest BCUT2D eigenvalue weighted by molar-refractivity contribution is 5.92. The van der Waals surface area contributed by atoms with Crippen molar-refractivity contribution < 1.29 is 9.53 Å². The van der Waals surface area contributed by atoms with Crippen molar-refractivity contribution in [2.24, 2.45) is 28.8 Å². The van der Waals surface area contributed by atoms with Gasteiger partial charge in [0.05, 0.1) is 19.3 Å². The SMILES string of the molecule is COc1ccccc1NCC(=O)NN=C1C2CC3CC(C2)CC1C3. The number of carbonyl (C=O) groups excluding carboxylic acids is 1. The second kappa shape index (κ2) is 6.46. The van der Waals surface area contributed by atoms with Gasteiger partial charge in [-0.25, -0.2) is 5.43 Å². The summed E-state index contributed by atoms with van der Waals surface area (Å²) >= 11 is 0. The molecule has 1 amide bonds. The van der Waals surface area contributed by atoms with Crippen LogP contribution in [0, 0.1) is 23.7 Å². The van der Waals surface area contributed by atoms with Crippen LogP contribution in [-0.2, 0) is 4.79 Å². The normalized spacial score (nSPS) is 30.1. The molecule has 24 heavy (non-hydrogen) atoms. The van der Waals surface area contributed by atoms with E-state index in [1.807, 2.05) is 24.3 Å². The van der Waals surface area contributed by atoms with E-state index in [-0.39, 0.29) is 12.5 Å². The lowest BCUT2D eigenvalue weighted by molar-refractivity contribution is -0.119. The Morgan fingerprint density at radius 1 is 1.12 bits per heavy atom. The van der Waals surface area contributed by atoms with Crippen LogP contribution in [0.25, 0.3) is 0 Å². The molecule has 0 saturated heterocycles. The van der Waals surface area contributed by atoms with Crippen molar-refractivity contribution >= 4 is 17.3 Å². The standard InChI is InChI=1S/C19H25N3O2/c1-24-17-5-3-2-4-16(17)20-11-18(23)21-22-19-14-7-12-6-13(9-14)10-15(19)8-12/h2-5,12-15,20H,6-11H2,1H3,(H,21,23). The molecular weight excluding hydrogens is 302 g/mol. The summed E-state index contributed by atoms with van der Waals surface area (Å²) in [4.78, 5) is 12.1. The number of rotatable bonds is 5. The third-order valence-electron chi connectivity index (χ3n) is 5.83. The van der Waals surface area contributed by atoms with Crippen LogP contribution in [0.2, 0.25) is 0 Å². The van der Waals surface area contributed by atoms with Gasteiger partial charge in [-0.1, -0.05) is 12.1 Å². The largest absolute Gasteiger partial charge is 0.495 e. The third-order valence-corrected chi connectivity index (χ3v) is 5.83. The van der Waals surface area contributed by atoms with Crippen LogP contribution < -0.4 is 15.5 Å². The van der Waals surface area contributed by atoms with Crippen molar-refractivity contribution in [2.75, 3.05) is 19.0 Å². The van der Waals surface area contributed by atoms with Gasteiger partial charge in [0, 0.05) is 5.71 Å². The van der Waals surface area contributed by atoms with Crippen LogP contribution in [-0.4, -0.2) is 25.3 Å². The Morgan fingerprint density at radius 3 is 2.46 bits per heavy atom. The quantitative estimate of drug-likeness (QED) is 0.817. The lowest BCUT2D eigenvalue weighted by atomic mass is 9.55. The summed E-state index contributed by atoms with van der Waals surface area (Å²) in [5.74, 6) is 3.68. The number of methoxy groups -OCH3 is 1. The Hall–Kier alpha value is -2.04. The van der Waals surface area contributed by atoms with Crippen LogP contribution in [0.1, 0.15) is 32.1 Å². The summed E-state index contributed by atoms with van der Waals surface area (Å²) < 4.78 is 5.28. The van der Waals surface area contributed by atoms with Gasteiger partial charge in [0.1, 0.15) is 5.75 Å². The second-order valence-corrected chi connectivity index (χ2v) is 7.43. The first-order valence-corrected chi connectivity index (χ1v) is 8.96. The van der Waals surface area contributed by atoms with Gasteiger partial charge in [0.25, 0.3) is 5.91 Å². The number of nitrogens with zero attached hydrogens (tertiary/aromatic N) is 1. The van der Waals surface area contributed by atoms with E-state index < -0.39 is 0 Å². The van der Waals surface area contributed by atoms with Gasteiger partial charge in [-0.2, -0.15) is 5.10 Å². The number of carbonyl (C=O) groups is 1. The van der Waals surface area contributed by atoms with Crippen LogP contribution in [0.5, 0.6) is 5.75 Å². The van der Waals surface area contributed by atoms with Gasteiger partial charge in [0.15, 0.2) is 0 Å². The van der Waals surface area contributed by atoms with E-state index in [4.69, 9.17) is 4.74 Å². The van der Waals surface area contributed by atoms with Crippen molar-refractivity contribution in [3.05, 3.63) is 24.3 Å². The summed E-state index contributed by atoms with van der Waals surface area (Å²) in [6.45, 7) is 0.192. The van der Waals surface area contributed by atoms with Crippen LogP contribution >= 0.6 is 0 Å². The predicted octanol–water partition coefficient (Wildman–Crippen LogP) is 3.04. The fourth-order valence-corrected chi connectivity index (χ4v) is 4.98. The number of amides is 1. The molecule has 5 rings (SSSR count). The molecule has 0 heterocycles. The first-order valence-electron chi connectivity index (χ1n) is 8.96. The molecule has 2 N–H and O–H groups in total. The molecular formula is C19H25N3O2. The van der Waals surface area contributed by atoms with E-state index in [2.05, 4.69) is 15.8 Å². The molecule has 1 aromatic carbocycles. The van der Waals surface area contributed by atoms with E-state index in [0.29, 0.717) is 11.8 Å². The van der Waals surface area contributed by atoms with Crippen molar-refractivity contribution in [3.63, 3.8) is 0 Å². The first-order chi connectivity index (χ1) is 11.7. The Bertz CT molecular complexity index is 626. The summed E-state index contributed by atoms with van der Waals surface area (Å²) in [5.41, 5.74) is 4.84. The average molecular weight is 327 g/mol. The minimum Gasteiger partial charge on any atom is -0.495 e. The molecule has 4 fully saturated rings. The molecule has 0 aliphatic heterocycles. The number of hydrogen-bond acceptors (Lipinski definition) is 4.